The Balaban J connectivity index is 1.89. The summed E-state index contributed by atoms with van der Waals surface area (Å²) in [7, 11) is -3.80. The van der Waals surface area contributed by atoms with Crippen LogP contribution >= 0.6 is 0 Å². The number of morpholine rings is 1. The highest BCUT2D eigenvalue weighted by molar-refractivity contribution is 7.92. The van der Waals surface area contributed by atoms with Gasteiger partial charge in [-0.25, -0.2) is 15.0 Å². The Kier molecular flexibility index (Phi) is 5.15. The summed E-state index contributed by atoms with van der Waals surface area (Å²) in [6.45, 7) is 10.6. The molecule has 3 rings (SSSR count). The smallest absolute Gasteiger partial charge is 0.281 e. The number of aryl methyl sites for hydroxylation is 4. The topological polar surface area (TPSA) is 102 Å². The van der Waals surface area contributed by atoms with Crippen LogP contribution in [0.25, 0.3) is 0 Å². The zero-order valence-corrected chi connectivity index (χ0v) is 16.3. The van der Waals surface area contributed by atoms with Crippen molar-refractivity contribution in [3.63, 3.8) is 0 Å². The third kappa shape index (κ3) is 3.65. The average molecular weight is 380 g/mol. The molecule has 142 valence electrons. The van der Waals surface area contributed by atoms with E-state index in [1.165, 1.54) is 6.20 Å². The zero-order valence-electron chi connectivity index (χ0n) is 15.5. The van der Waals surface area contributed by atoms with Crippen molar-refractivity contribution >= 4 is 21.7 Å². The molecule has 2 aromatic heterocycles. The molecule has 0 radical (unpaired) electrons. The number of ether oxygens (including phenoxy) is 1. The lowest BCUT2D eigenvalue weighted by Gasteiger charge is -2.27. The summed E-state index contributed by atoms with van der Waals surface area (Å²) < 4.78 is 35.1. The number of imidazole rings is 1. The van der Waals surface area contributed by atoms with Gasteiger partial charge in [-0.15, -0.1) is 0 Å². The minimum Gasteiger partial charge on any atom is -0.378 e. The van der Waals surface area contributed by atoms with E-state index in [0.29, 0.717) is 48.6 Å². The Morgan fingerprint density at radius 3 is 2.27 bits per heavy atom. The van der Waals surface area contributed by atoms with Crippen LogP contribution < -0.4 is 9.62 Å². The van der Waals surface area contributed by atoms with E-state index in [9.17, 15) is 8.42 Å². The summed E-state index contributed by atoms with van der Waals surface area (Å²) in [4.78, 5) is 15.1. The highest BCUT2D eigenvalue weighted by Gasteiger charge is 2.23. The molecule has 0 aliphatic carbocycles. The fraction of sp³-hybridized carbons (Fsp3) is 0.562. The minimum absolute atomic E-state index is 0.00657. The fourth-order valence-corrected chi connectivity index (χ4v) is 4.05. The first kappa shape index (κ1) is 18.6. The van der Waals surface area contributed by atoms with Crippen molar-refractivity contribution in [3.05, 3.63) is 23.4 Å². The van der Waals surface area contributed by atoms with Crippen LogP contribution in [-0.2, 0) is 21.3 Å². The van der Waals surface area contributed by atoms with Gasteiger partial charge in [-0.05, 0) is 27.7 Å². The van der Waals surface area contributed by atoms with Gasteiger partial charge < -0.3 is 14.2 Å². The first-order valence-corrected chi connectivity index (χ1v) is 10.0. The molecule has 1 saturated heterocycles. The van der Waals surface area contributed by atoms with Crippen LogP contribution in [0.2, 0.25) is 0 Å². The predicted octanol–water partition coefficient (Wildman–Crippen LogP) is 1.26. The number of nitrogens with zero attached hydrogens (tertiary/aromatic N) is 5. The Labute approximate surface area is 153 Å². The maximum absolute atomic E-state index is 12.7. The van der Waals surface area contributed by atoms with Crippen molar-refractivity contribution in [2.24, 2.45) is 0 Å². The van der Waals surface area contributed by atoms with E-state index in [-0.39, 0.29) is 5.03 Å². The van der Waals surface area contributed by atoms with Gasteiger partial charge in [-0.3, -0.25) is 4.72 Å². The highest BCUT2D eigenvalue weighted by atomic mass is 32.2. The van der Waals surface area contributed by atoms with Crippen molar-refractivity contribution in [2.45, 2.75) is 39.3 Å². The lowest BCUT2D eigenvalue weighted by Crippen LogP contribution is -2.37. The van der Waals surface area contributed by atoms with Crippen molar-refractivity contribution in [1.29, 1.82) is 0 Å². The van der Waals surface area contributed by atoms with Gasteiger partial charge in [0.1, 0.15) is 5.82 Å². The largest absolute Gasteiger partial charge is 0.378 e. The maximum atomic E-state index is 12.7. The number of rotatable bonds is 5. The Bertz CT molecular complexity index is 880. The first-order valence-electron chi connectivity index (χ1n) is 8.56. The molecule has 1 aliphatic heterocycles. The van der Waals surface area contributed by atoms with Gasteiger partial charge in [-0.1, -0.05) is 0 Å². The molecule has 26 heavy (non-hydrogen) atoms. The van der Waals surface area contributed by atoms with E-state index >= 15 is 0 Å². The molecule has 3 heterocycles. The van der Waals surface area contributed by atoms with Gasteiger partial charge in [0.05, 0.1) is 30.3 Å². The number of nitrogens with one attached hydrogen (secondary N) is 1. The van der Waals surface area contributed by atoms with Crippen LogP contribution in [-0.4, -0.2) is 54.2 Å². The third-order valence-corrected chi connectivity index (χ3v) is 5.58. The summed E-state index contributed by atoms with van der Waals surface area (Å²) in [5.41, 5.74) is 1.55. The molecule has 0 bridgehead atoms. The molecule has 0 saturated carbocycles. The normalized spacial score (nSPS) is 15.3. The second-order valence-corrected chi connectivity index (χ2v) is 7.82. The van der Waals surface area contributed by atoms with Gasteiger partial charge in [-0.2, -0.15) is 8.42 Å². The van der Waals surface area contributed by atoms with Crippen LogP contribution in [0.15, 0.2) is 11.2 Å². The molecule has 0 aromatic carbocycles. The number of hydrogen-bond acceptors (Lipinski definition) is 7. The summed E-state index contributed by atoms with van der Waals surface area (Å²) in [5.74, 6) is 1.25. The van der Waals surface area contributed by atoms with Crippen molar-refractivity contribution < 1.29 is 13.2 Å². The molecule has 1 N–H and O–H groups in total. The molecule has 0 amide bonds. The number of anilines is 2. The Morgan fingerprint density at radius 2 is 1.73 bits per heavy atom. The molecule has 1 fully saturated rings. The van der Waals surface area contributed by atoms with Gasteiger partial charge in [0.15, 0.2) is 5.03 Å². The molecule has 0 unspecified atom stereocenters. The van der Waals surface area contributed by atoms with Crippen LogP contribution in [0, 0.1) is 20.8 Å². The van der Waals surface area contributed by atoms with E-state index in [1.54, 1.807) is 25.3 Å². The lowest BCUT2D eigenvalue weighted by molar-refractivity contribution is 0.122. The summed E-state index contributed by atoms with van der Waals surface area (Å²) in [5, 5.41) is -0.00657. The standard InChI is InChI=1S/C16H24N6O3S/c1-5-21-10-14(19-13(21)4)26(23,24)20-15-11(2)17-16(18-12(15)3)22-6-8-25-9-7-22/h10,20H,5-9H2,1-4H3. The number of sulfonamides is 1. The van der Waals surface area contributed by atoms with Crippen LogP contribution in [0.1, 0.15) is 24.1 Å². The SMILES string of the molecule is CCn1cc(S(=O)(=O)Nc2c(C)nc(N3CCOCC3)nc2C)nc1C. The van der Waals surface area contributed by atoms with Crippen LogP contribution in [0.3, 0.4) is 0 Å². The van der Waals surface area contributed by atoms with E-state index in [2.05, 4.69) is 19.7 Å². The second kappa shape index (κ2) is 7.20. The zero-order chi connectivity index (χ0) is 18.9. The first-order chi connectivity index (χ1) is 12.3. The van der Waals surface area contributed by atoms with E-state index in [4.69, 9.17) is 4.74 Å². The van der Waals surface area contributed by atoms with Gasteiger partial charge >= 0.3 is 0 Å². The number of aromatic nitrogens is 4. The third-order valence-electron chi connectivity index (χ3n) is 4.36. The fourth-order valence-electron chi connectivity index (χ4n) is 2.87. The quantitative estimate of drug-likeness (QED) is 0.833. The molecule has 9 nitrogen and oxygen atoms in total. The highest BCUT2D eigenvalue weighted by Crippen LogP contribution is 2.24. The van der Waals surface area contributed by atoms with Crippen molar-refractivity contribution in [3.8, 4) is 0 Å². The maximum Gasteiger partial charge on any atom is 0.281 e. The summed E-state index contributed by atoms with van der Waals surface area (Å²) >= 11 is 0. The Morgan fingerprint density at radius 1 is 1.12 bits per heavy atom. The molecule has 0 atom stereocenters. The molecular formula is C16H24N6O3S. The second-order valence-electron chi connectivity index (χ2n) is 6.19. The molecule has 1 aliphatic rings. The molecule has 0 spiro atoms. The van der Waals surface area contributed by atoms with Crippen LogP contribution in [0.4, 0.5) is 11.6 Å². The van der Waals surface area contributed by atoms with E-state index in [0.717, 1.165) is 13.1 Å². The van der Waals surface area contributed by atoms with E-state index < -0.39 is 10.0 Å². The summed E-state index contributed by atoms with van der Waals surface area (Å²) in [6, 6.07) is 0. The van der Waals surface area contributed by atoms with Crippen molar-refractivity contribution in [1.82, 2.24) is 19.5 Å². The summed E-state index contributed by atoms with van der Waals surface area (Å²) in [6.07, 6.45) is 1.53. The van der Waals surface area contributed by atoms with Gasteiger partial charge in [0.25, 0.3) is 10.0 Å². The van der Waals surface area contributed by atoms with Gasteiger partial charge in [0, 0.05) is 25.8 Å². The lowest BCUT2D eigenvalue weighted by atomic mass is 10.3. The monoisotopic (exact) mass is 380 g/mol. The van der Waals surface area contributed by atoms with Crippen LogP contribution in [0.5, 0.6) is 0 Å². The average Bonchev–Trinajstić information content (AvgIpc) is 3.00. The number of hydrogen-bond donors (Lipinski definition) is 1. The minimum atomic E-state index is -3.80. The predicted molar refractivity (Wildman–Crippen MR) is 98.0 cm³/mol. The molecule has 10 heteroatoms. The van der Waals surface area contributed by atoms with E-state index in [1.807, 2.05) is 11.8 Å². The Hall–Kier alpha value is -2.20. The molecule has 2 aromatic rings. The van der Waals surface area contributed by atoms with Gasteiger partial charge in [0.2, 0.25) is 5.95 Å². The molecular weight excluding hydrogens is 356 g/mol. The van der Waals surface area contributed by atoms with Crippen molar-refractivity contribution in [2.75, 3.05) is 35.9 Å².